The molecule has 88 valence electrons. The van der Waals surface area contributed by atoms with Gasteiger partial charge in [-0.15, -0.1) is 11.3 Å². The smallest absolute Gasteiger partial charge is 0.231 e. The third-order valence-electron chi connectivity index (χ3n) is 2.46. The lowest BCUT2D eigenvalue weighted by atomic mass is 10.2. The van der Waals surface area contributed by atoms with Gasteiger partial charge in [-0.1, -0.05) is 0 Å². The van der Waals surface area contributed by atoms with Crippen molar-refractivity contribution >= 4 is 27.8 Å². The molecule has 4 nitrogen and oxygen atoms in total. The van der Waals surface area contributed by atoms with Crippen molar-refractivity contribution in [3.05, 3.63) is 47.6 Å². The summed E-state index contributed by atoms with van der Waals surface area (Å²) >= 11 is 1.54. The topological polar surface area (TPSA) is 52.1 Å². The van der Waals surface area contributed by atoms with Gasteiger partial charge in [-0.05, 0) is 35.7 Å². The molecule has 3 aromatic rings. The Labute approximate surface area is 107 Å². The van der Waals surface area contributed by atoms with Gasteiger partial charge in [0.05, 0.1) is 5.39 Å². The maximum Gasteiger partial charge on any atom is 0.231 e. The van der Waals surface area contributed by atoms with E-state index in [-0.39, 0.29) is 0 Å². The van der Waals surface area contributed by atoms with Crippen molar-refractivity contribution in [2.24, 2.45) is 0 Å². The Morgan fingerprint density at radius 2 is 1.94 bits per heavy atom. The molecule has 2 aromatic heterocycles. The first-order chi connectivity index (χ1) is 8.86. The van der Waals surface area contributed by atoms with Gasteiger partial charge in [0.1, 0.15) is 23.2 Å². The molecule has 0 aliphatic rings. The van der Waals surface area contributed by atoms with Crippen LogP contribution in [0, 0.1) is 0 Å². The minimum Gasteiger partial charge on any atom is -0.438 e. The number of hydrogen-bond acceptors (Lipinski definition) is 5. The Morgan fingerprint density at radius 1 is 1.11 bits per heavy atom. The van der Waals surface area contributed by atoms with E-state index in [0.29, 0.717) is 17.2 Å². The van der Waals surface area contributed by atoms with E-state index in [9.17, 15) is 4.79 Å². The van der Waals surface area contributed by atoms with Crippen molar-refractivity contribution in [1.29, 1.82) is 0 Å². The third-order valence-corrected chi connectivity index (χ3v) is 3.28. The molecule has 0 spiro atoms. The van der Waals surface area contributed by atoms with E-state index >= 15 is 0 Å². The van der Waals surface area contributed by atoms with Crippen molar-refractivity contribution < 1.29 is 9.53 Å². The predicted molar refractivity (Wildman–Crippen MR) is 69.3 cm³/mol. The average molecular weight is 256 g/mol. The zero-order chi connectivity index (χ0) is 12.4. The standard InChI is InChI=1S/C13H8N2O2S/c16-7-9-1-3-10(4-2-9)17-12-11-5-6-18-13(11)15-8-14-12/h1-8H. The molecule has 2 heterocycles. The number of fused-ring (bicyclic) bond motifs is 1. The largest absolute Gasteiger partial charge is 0.438 e. The van der Waals surface area contributed by atoms with Crippen molar-refractivity contribution in [3.63, 3.8) is 0 Å². The number of carbonyl (C=O) groups excluding carboxylic acids is 1. The fourth-order valence-corrected chi connectivity index (χ4v) is 2.30. The van der Waals surface area contributed by atoms with Crippen LogP contribution in [0.5, 0.6) is 11.6 Å². The molecule has 1 aromatic carbocycles. The maximum atomic E-state index is 10.6. The lowest BCUT2D eigenvalue weighted by Crippen LogP contribution is -1.89. The van der Waals surface area contributed by atoms with Gasteiger partial charge < -0.3 is 4.74 Å². The van der Waals surface area contributed by atoms with Gasteiger partial charge in [0.25, 0.3) is 0 Å². The number of ether oxygens (including phenoxy) is 1. The number of rotatable bonds is 3. The van der Waals surface area contributed by atoms with Crippen LogP contribution in [0.3, 0.4) is 0 Å². The van der Waals surface area contributed by atoms with Crippen LogP contribution in [-0.2, 0) is 0 Å². The normalized spacial score (nSPS) is 10.4. The van der Waals surface area contributed by atoms with Crippen molar-refractivity contribution in [2.75, 3.05) is 0 Å². The van der Waals surface area contributed by atoms with Crippen molar-refractivity contribution in [3.8, 4) is 11.6 Å². The molecule has 18 heavy (non-hydrogen) atoms. The lowest BCUT2D eigenvalue weighted by molar-refractivity contribution is 0.112. The molecule has 3 rings (SSSR count). The monoisotopic (exact) mass is 256 g/mol. The van der Waals surface area contributed by atoms with E-state index in [1.807, 2.05) is 11.4 Å². The number of hydrogen-bond donors (Lipinski definition) is 0. The second-order valence-corrected chi connectivity index (χ2v) is 4.50. The minimum absolute atomic E-state index is 0.528. The Morgan fingerprint density at radius 3 is 2.72 bits per heavy atom. The van der Waals surface area contributed by atoms with Gasteiger partial charge in [-0.2, -0.15) is 0 Å². The van der Waals surface area contributed by atoms with Crippen LogP contribution >= 0.6 is 11.3 Å². The molecule has 0 unspecified atom stereocenters. The second kappa shape index (κ2) is 4.54. The van der Waals surface area contributed by atoms with E-state index in [0.717, 1.165) is 16.5 Å². The van der Waals surface area contributed by atoms with Crippen LogP contribution in [0.25, 0.3) is 10.2 Å². The maximum absolute atomic E-state index is 10.6. The Kier molecular flexibility index (Phi) is 2.74. The van der Waals surface area contributed by atoms with Gasteiger partial charge in [-0.25, -0.2) is 9.97 Å². The van der Waals surface area contributed by atoms with Gasteiger partial charge in [0, 0.05) is 5.56 Å². The number of nitrogens with zero attached hydrogens (tertiary/aromatic N) is 2. The molecule has 0 amide bonds. The first kappa shape index (κ1) is 10.9. The summed E-state index contributed by atoms with van der Waals surface area (Å²) in [6, 6.07) is 8.81. The van der Waals surface area contributed by atoms with E-state index < -0.39 is 0 Å². The number of aldehydes is 1. The summed E-state index contributed by atoms with van der Waals surface area (Å²) in [5.41, 5.74) is 0.616. The first-order valence-corrected chi connectivity index (χ1v) is 6.16. The summed E-state index contributed by atoms with van der Waals surface area (Å²) in [5.74, 6) is 1.17. The first-order valence-electron chi connectivity index (χ1n) is 5.28. The summed E-state index contributed by atoms with van der Waals surface area (Å²) in [6.07, 6.45) is 2.28. The summed E-state index contributed by atoms with van der Waals surface area (Å²) in [7, 11) is 0. The molecule has 0 N–H and O–H groups in total. The third kappa shape index (κ3) is 1.96. The van der Waals surface area contributed by atoms with E-state index in [1.54, 1.807) is 35.6 Å². The Balaban J connectivity index is 1.95. The zero-order valence-electron chi connectivity index (χ0n) is 9.24. The summed E-state index contributed by atoms with van der Waals surface area (Å²) < 4.78 is 5.69. The van der Waals surface area contributed by atoms with Crippen LogP contribution in [0.2, 0.25) is 0 Å². The van der Waals surface area contributed by atoms with Crippen molar-refractivity contribution in [1.82, 2.24) is 9.97 Å². The molecule has 0 aliphatic carbocycles. The number of aromatic nitrogens is 2. The van der Waals surface area contributed by atoms with Crippen LogP contribution in [0.15, 0.2) is 42.0 Å². The van der Waals surface area contributed by atoms with Crippen molar-refractivity contribution in [2.45, 2.75) is 0 Å². The SMILES string of the molecule is O=Cc1ccc(Oc2ncnc3sccc23)cc1. The molecule has 0 aliphatic heterocycles. The molecule has 0 radical (unpaired) electrons. The van der Waals surface area contributed by atoms with Gasteiger partial charge in [0.2, 0.25) is 5.88 Å². The summed E-state index contributed by atoms with van der Waals surface area (Å²) in [5, 5.41) is 2.84. The Bertz CT molecular complexity index is 692. The quantitative estimate of drug-likeness (QED) is 0.675. The fraction of sp³-hybridized carbons (Fsp3) is 0. The van der Waals surface area contributed by atoms with E-state index in [2.05, 4.69) is 9.97 Å². The second-order valence-electron chi connectivity index (χ2n) is 3.61. The summed E-state index contributed by atoms with van der Waals surface area (Å²) in [6.45, 7) is 0. The van der Waals surface area contributed by atoms with Gasteiger partial charge in [0.15, 0.2) is 0 Å². The molecular weight excluding hydrogens is 248 g/mol. The highest BCUT2D eigenvalue weighted by molar-refractivity contribution is 7.16. The van der Waals surface area contributed by atoms with Gasteiger partial charge >= 0.3 is 0 Å². The highest BCUT2D eigenvalue weighted by Crippen LogP contribution is 2.29. The van der Waals surface area contributed by atoms with E-state index in [4.69, 9.17) is 4.74 Å². The van der Waals surface area contributed by atoms with Crippen LogP contribution in [0.4, 0.5) is 0 Å². The molecule has 0 bridgehead atoms. The number of carbonyl (C=O) groups is 1. The van der Waals surface area contributed by atoms with E-state index in [1.165, 1.54) is 6.33 Å². The minimum atomic E-state index is 0.528. The highest BCUT2D eigenvalue weighted by Gasteiger charge is 2.06. The number of thiophene rings is 1. The highest BCUT2D eigenvalue weighted by atomic mass is 32.1. The predicted octanol–water partition coefficient (Wildman–Crippen LogP) is 3.30. The fourth-order valence-electron chi connectivity index (χ4n) is 1.57. The zero-order valence-corrected chi connectivity index (χ0v) is 10.1. The molecule has 0 atom stereocenters. The average Bonchev–Trinajstić information content (AvgIpc) is 2.89. The molecule has 0 fully saturated rings. The van der Waals surface area contributed by atoms with Gasteiger partial charge in [-0.3, -0.25) is 4.79 Å². The summed E-state index contributed by atoms with van der Waals surface area (Å²) in [4.78, 5) is 19.7. The molecule has 0 saturated carbocycles. The van der Waals surface area contributed by atoms with Crippen LogP contribution < -0.4 is 4.74 Å². The van der Waals surface area contributed by atoms with Crippen LogP contribution in [0.1, 0.15) is 10.4 Å². The lowest BCUT2D eigenvalue weighted by Gasteiger charge is -2.05. The Hall–Kier alpha value is -2.27. The molecule has 5 heteroatoms. The van der Waals surface area contributed by atoms with Crippen LogP contribution in [-0.4, -0.2) is 16.3 Å². The molecule has 0 saturated heterocycles. The molecular formula is C13H8N2O2S. The number of benzene rings is 1.